The molecular formula is C24H18FNO4S. The Balaban J connectivity index is 1.46. The Morgan fingerprint density at radius 1 is 0.968 bits per heavy atom. The van der Waals surface area contributed by atoms with Crippen molar-refractivity contribution >= 4 is 34.7 Å². The Morgan fingerprint density at radius 3 is 2.39 bits per heavy atom. The average Bonchev–Trinajstić information content (AvgIpc) is 3.07. The zero-order valence-corrected chi connectivity index (χ0v) is 17.4. The Kier molecular flexibility index (Phi) is 6.04. The van der Waals surface area contributed by atoms with E-state index >= 15 is 0 Å². The number of halogens is 1. The second-order valence-electron chi connectivity index (χ2n) is 6.67. The fraction of sp³-hybridized carbons (Fsp3) is 0.0833. The highest BCUT2D eigenvalue weighted by atomic mass is 32.2. The van der Waals surface area contributed by atoms with Crippen molar-refractivity contribution in [2.75, 3.05) is 12.0 Å². The first-order valence-electron chi connectivity index (χ1n) is 9.43. The van der Waals surface area contributed by atoms with Crippen molar-refractivity contribution in [1.82, 2.24) is 0 Å². The molecule has 0 bridgehead atoms. The van der Waals surface area contributed by atoms with Gasteiger partial charge in [0.2, 0.25) is 0 Å². The molecule has 31 heavy (non-hydrogen) atoms. The van der Waals surface area contributed by atoms with Gasteiger partial charge in [-0.1, -0.05) is 36.4 Å². The number of carbonyl (C=O) groups is 2. The number of methoxy groups -OCH3 is 1. The Bertz CT molecular complexity index is 1140. The predicted octanol–water partition coefficient (Wildman–Crippen LogP) is 5.65. The number of amides is 2. The second kappa shape index (κ2) is 9.06. The molecule has 0 N–H and O–H groups in total. The third-order valence-corrected chi connectivity index (χ3v) is 5.49. The lowest BCUT2D eigenvalue weighted by Crippen LogP contribution is -2.28. The zero-order chi connectivity index (χ0) is 21.8. The van der Waals surface area contributed by atoms with Crippen LogP contribution in [0.3, 0.4) is 0 Å². The van der Waals surface area contributed by atoms with E-state index in [0.717, 1.165) is 27.8 Å². The van der Waals surface area contributed by atoms with Crippen LogP contribution in [0.1, 0.15) is 11.1 Å². The van der Waals surface area contributed by atoms with Crippen LogP contribution in [-0.4, -0.2) is 18.3 Å². The summed E-state index contributed by atoms with van der Waals surface area (Å²) in [6.45, 7) is 0.317. The summed E-state index contributed by atoms with van der Waals surface area (Å²) >= 11 is 0.885. The summed E-state index contributed by atoms with van der Waals surface area (Å²) in [5, 5.41) is -0.375. The number of ether oxygens (including phenoxy) is 2. The van der Waals surface area contributed by atoms with Gasteiger partial charge in [-0.15, -0.1) is 0 Å². The second-order valence-corrected chi connectivity index (χ2v) is 7.67. The lowest BCUT2D eigenvalue weighted by Gasteiger charge is -2.15. The number of anilines is 1. The van der Waals surface area contributed by atoms with E-state index in [9.17, 15) is 14.0 Å². The van der Waals surface area contributed by atoms with Crippen LogP contribution < -0.4 is 14.4 Å². The van der Waals surface area contributed by atoms with E-state index in [2.05, 4.69) is 0 Å². The molecule has 0 atom stereocenters. The third-order valence-electron chi connectivity index (χ3n) is 4.62. The molecule has 156 valence electrons. The Labute approximate surface area is 183 Å². The van der Waals surface area contributed by atoms with Gasteiger partial charge >= 0.3 is 0 Å². The zero-order valence-electron chi connectivity index (χ0n) is 16.6. The van der Waals surface area contributed by atoms with E-state index < -0.39 is 5.91 Å². The molecule has 1 fully saturated rings. The minimum absolute atomic E-state index is 0.289. The minimum Gasteiger partial charge on any atom is -0.495 e. The molecule has 7 heteroatoms. The maximum absolute atomic E-state index is 13.0. The van der Waals surface area contributed by atoms with Gasteiger partial charge in [0.25, 0.3) is 11.1 Å². The Morgan fingerprint density at radius 2 is 1.68 bits per heavy atom. The van der Waals surface area contributed by atoms with Crippen LogP contribution >= 0.6 is 11.8 Å². The van der Waals surface area contributed by atoms with Crippen molar-refractivity contribution in [2.45, 2.75) is 6.61 Å². The van der Waals surface area contributed by atoms with Crippen LogP contribution in [0.15, 0.2) is 77.7 Å². The normalized spacial score (nSPS) is 14.9. The van der Waals surface area contributed by atoms with Crippen molar-refractivity contribution < 1.29 is 23.5 Å². The van der Waals surface area contributed by atoms with Gasteiger partial charge in [-0.25, -0.2) is 9.29 Å². The van der Waals surface area contributed by atoms with Crippen molar-refractivity contribution in [3.05, 3.63) is 94.6 Å². The topological polar surface area (TPSA) is 55.8 Å². The summed E-state index contributed by atoms with van der Waals surface area (Å²) in [6.07, 6.45) is 1.67. The molecule has 0 spiro atoms. The summed E-state index contributed by atoms with van der Waals surface area (Å²) in [4.78, 5) is 26.8. The summed E-state index contributed by atoms with van der Waals surface area (Å²) < 4.78 is 23.9. The standard InChI is InChI=1S/C24H18FNO4S/c1-29-21-5-3-2-4-20(21)26-23(27)22(31-24(26)28)14-16-8-12-19(13-9-16)30-15-17-6-10-18(25)11-7-17/h2-14H,15H2,1H3/b22-14-. The number of carbonyl (C=O) groups excluding carboxylic acids is 2. The number of nitrogens with zero attached hydrogens (tertiary/aromatic N) is 1. The molecule has 0 saturated carbocycles. The lowest BCUT2D eigenvalue weighted by atomic mass is 10.2. The molecular weight excluding hydrogens is 417 g/mol. The van der Waals surface area contributed by atoms with Crippen LogP contribution in [0, 0.1) is 5.82 Å². The smallest absolute Gasteiger partial charge is 0.298 e. The number of imide groups is 1. The fourth-order valence-electron chi connectivity index (χ4n) is 3.05. The number of hydrogen-bond acceptors (Lipinski definition) is 5. The molecule has 2 amide bonds. The average molecular weight is 435 g/mol. The van der Waals surface area contributed by atoms with Crippen LogP contribution in [0.4, 0.5) is 14.9 Å². The largest absolute Gasteiger partial charge is 0.495 e. The van der Waals surface area contributed by atoms with Crippen LogP contribution in [0.2, 0.25) is 0 Å². The van der Waals surface area contributed by atoms with E-state index in [1.807, 2.05) is 0 Å². The Hall–Kier alpha value is -3.58. The van der Waals surface area contributed by atoms with Crippen LogP contribution in [-0.2, 0) is 11.4 Å². The first-order chi connectivity index (χ1) is 15.0. The number of benzene rings is 3. The van der Waals surface area contributed by atoms with Gasteiger partial charge in [-0.05, 0) is 65.4 Å². The first-order valence-corrected chi connectivity index (χ1v) is 10.2. The predicted molar refractivity (Wildman–Crippen MR) is 119 cm³/mol. The maximum Gasteiger partial charge on any atom is 0.298 e. The number of thioether (sulfide) groups is 1. The lowest BCUT2D eigenvalue weighted by molar-refractivity contribution is -0.113. The number of para-hydroxylation sites is 2. The van der Waals surface area contributed by atoms with E-state index in [1.54, 1.807) is 66.7 Å². The molecule has 4 rings (SSSR count). The fourth-order valence-corrected chi connectivity index (χ4v) is 3.88. The molecule has 0 unspecified atom stereocenters. The van der Waals surface area contributed by atoms with E-state index in [-0.39, 0.29) is 11.1 Å². The molecule has 0 aliphatic carbocycles. The van der Waals surface area contributed by atoms with Gasteiger partial charge in [-0.3, -0.25) is 9.59 Å². The highest BCUT2D eigenvalue weighted by Crippen LogP contribution is 2.39. The van der Waals surface area contributed by atoms with Crippen LogP contribution in [0.25, 0.3) is 6.08 Å². The van der Waals surface area contributed by atoms with E-state index in [4.69, 9.17) is 9.47 Å². The number of hydrogen-bond donors (Lipinski definition) is 0. The van der Waals surface area contributed by atoms with Crippen LogP contribution in [0.5, 0.6) is 11.5 Å². The van der Waals surface area contributed by atoms with Gasteiger partial charge < -0.3 is 9.47 Å². The van der Waals surface area contributed by atoms with Gasteiger partial charge in [0.05, 0.1) is 17.7 Å². The van der Waals surface area contributed by atoms with Crippen molar-refractivity contribution in [2.24, 2.45) is 0 Å². The summed E-state index contributed by atoms with van der Waals surface area (Å²) in [5.41, 5.74) is 2.04. The maximum atomic E-state index is 13.0. The molecule has 1 heterocycles. The van der Waals surface area contributed by atoms with Crippen molar-refractivity contribution in [3.8, 4) is 11.5 Å². The highest BCUT2D eigenvalue weighted by molar-refractivity contribution is 8.19. The van der Waals surface area contributed by atoms with E-state index in [1.165, 1.54) is 19.2 Å². The molecule has 1 saturated heterocycles. The van der Waals surface area contributed by atoms with Gasteiger partial charge in [0.1, 0.15) is 23.9 Å². The van der Waals surface area contributed by atoms with Crippen molar-refractivity contribution in [3.63, 3.8) is 0 Å². The summed E-state index contributed by atoms with van der Waals surface area (Å²) in [5.74, 6) is 0.414. The highest BCUT2D eigenvalue weighted by Gasteiger charge is 2.37. The minimum atomic E-state index is -0.392. The molecule has 3 aromatic carbocycles. The van der Waals surface area contributed by atoms with E-state index in [0.29, 0.717) is 28.7 Å². The van der Waals surface area contributed by atoms with Crippen molar-refractivity contribution in [1.29, 1.82) is 0 Å². The first kappa shape index (κ1) is 20.7. The quantitative estimate of drug-likeness (QED) is 0.468. The third kappa shape index (κ3) is 4.62. The molecule has 1 aliphatic rings. The summed E-state index contributed by atoms with van der Waals surface area (Å²) in [7, 11) is 1.49. The van der Waals surface area contributed by atoms with Gasteiger partial charge in [0.15, 0.2) is 0 Å². The molecule has 0 radical (unpaired) electrons. The number of rotatable bonds is 6. The monoisotopic (exact) mass is 435 g/mol. The molecule has 5 nitrogen and oxygen atoms in total. The molecule has 3 aromatic rings. The molecule has 1 aliphatic heterocycles. The molecule has 0 aromatic heterocycles. The summed E-state index contributed by atoms with van der Waals surface area (Å²) in [6, 6.07) is 20.2. The SMILES string of the molecule is COc1ccccc1N1C(=O)S/C(=C\c2ccc(OCc3ccc(F)cc3)cc2)C1=O. The van der Waals surface area contributed by atoms with Gasteiger partial charge in [0, 0.05) is 0 Å². The van der Waals surface area contributed by atoms with Gasteiger partial charge in [-0.2, -0.15) is 0 Å².